The maximum Gasteiger partial charge on any atom is 0.258 e. The van der Waals surface area contributed by atoms with E-state index < -0.39 is 0 Å². The first-order valence-electron chi connectivity index (χ1n) is 9.59. The SMILES string of the molecule is O=c1cc(CSc2ncc(-c3ccccc3)n2C[C@@H]2CCCO2)nc2sccn12. The van der Waals surface area contributed by atoms with E-state index in [-0.39, 0.29) is 11.7 Å². The second-order valence-electron chi connectivity index (χ2n) is 6.97. The molecule has 1 aliphatic rings. The first-order valence-corrected chi connectivity index (χ1v) is 11.5. The number of thiazole rings is 1. The number of fused-ring (bicyclic) bond motifs is 1. The molecule has 0 saturated carbocycles. The predicted molar refractivity (Wildman–Crippen MR) is 116 cm³/mol. The maximum atomic E-state index is 12.2. The normalized spacial score (nSPS) is 16.6. The van der Waals surface area contributed by atoms with E-state index >= 15 is 0 Å². The van der Waals surface area contributed by atoms with Gasteiger partial charge in [0.25, 0.3) is 5.56 Å². The molecule has 0 aliphatic carbocycles. The van der Waals surface area contributed by atoms with E-state index in [9.17, 15) is 4.79 Å². The molecule has 1 fully saturated rings. The number of imidazole rings is 1. The number of nitrogens with zero attached hydrogens (tertiary/aromatic N) is 4. The van der Waals surface area contributed by atoms with Crippen molar-refractivity contribution in [2.45, 2.75) is 36.4 Å². The molecule has 1 aliphatic heterocycles. The van der Waals surface area contributed by atoms with E-state index in [1.807, 2.05) is 29.8 Å². The smallest absolute Gasteiger partial charge is 0.258 e. The Kier molecular flexibility index (Phi) is 5.22. The van der Waals surface area contributed by atoms with Crippen molar-refractivity contribution in [1.82, 2.24) is 18.9 Å². The Bertz CT molecular complexity index is 1180. The summed E-state index contributed by atoms with van der Waals surface area (Å²) in [5.41, 5.74) is 2.96. The summed E-state index contributed by atoms with van der Waals surface area (Å²) in [5.74, 6) is 0.598. The van der Waals surface area contributed by atoms with Crippen LogP contribution < -0.4 is 5.56 Å². The summed E-state index contributed by atoms with van der Waals surface area (Å²) in [6.07, 6.45) is 6.08. The maximum absolute atomic E-state index is 12.2. The molecule has 0 N–H and O–H groups in total. The van der Waals surface area contributed by atoms with Crippen molar-refractivity contribution >= 4 is 28.1 Å². The number of benzene rings is 1. The Balaban J connectivity index is 1.43. The summed E-state index contributed by atoms with van der Waals surface area (Å²) >= 11 is 3.08. The average Bonchev–Trinajstić information content (AvgIpc) is 3.49. The van der Waals surface area contributed by atoms with Crippen molar-refractivity contribution in [3.8, 4) is 11.3 Å². The summed E-state index contributed by atoms with van der Waals surface area (Å²) in [4.78, 5) is 22.3. The Morgan fingerprint density at radius 2 is 2.17 bits per heavy atom. The molecule has 0 bridgehead atoms. The van der Waals surface area contributed by atoms with Crippen LogP contribution in [0, 0.1) is 0 Å². The van der Waals surface area contributed by atoms with Gasteiger partial charge in [-0.15, -0.1) is 11.3 Å². The van der Waals surface area contributed by atoms with Crippen LogP contribution in [0.1, 0.15) is 18.5 Å². The summed E-state index contributed by atoms with van der Waals surface area (Å²) < 4.78 is 9.69. The predicted octanol–water partition coefficient (Wildman–Crippen LogP) is 4.09. The van der Waals surface area contributed by atoms with Crippen molar-refractivity contribution in [1.29, 1.82) is 0 Å². The van der Waals surface area contributed by atoms with Crippen LogP contribution in [0.25, 0.3) is 16.2 Å². The van der Waals surface area contributed by atoms with Gasteiger partial charge >= 0.3 is 0 Å². The van der Waals surface area contributed by atoms with Gasteiger partial charge in [0.15, 0.2) is 10.1 Å². The third-order valence-electron chi connectivity index (χ3n) is 5.00. The molecule has 0 unspecified atom stereocenters. The first kappa shape index (κ1) is 18.6. The van der Waals surface area contributed by atoms with E-state index in [2.05, 4.69) is 26.7 Å². The summed E-state index contributed by atoms with van der Waals surface area (Å²) in [5, 5.41) is 2.80. The van der Waals surface area contributed by atoms with Crippen LogP contribution in [0.2, 0.25) is 0 Å². The van der Waals surface area contributed by atoms with Gasteiger partial charge in [-0.3, -0.25) is 9.20 Å². The molecule has 6 nitrogen and oxygen atoms in total. The zero-order chi connectivity index (χ0) is 19.6. The van der Waals surface area contributed by atoms with Gasteiger partial charge in [-0.25, -0.2) is 9.97 Å². The Hall–Kier alpha value is -2.42. The molecule has 4 aromatic rings. The van der Waals surface area contributed by atoms with Gasteiger partial charge in [-0.05, 0) is 18.4 Å². The number of thioether (sulfide) groups is 1. The van der Waals surface area contributed by atoms with Crippen molar-refractivity contribution in [2.24, 2.45) is 0 Å². The van der Waals surface area contributed by atoms with Crippen LogP contribution in [0.4, 0.5) is 0 Å². The molecule has 29 heavy (non-hydrogen) atoms. The third kappa shape index (κ3) is 3.88. The molecule has 4 heterocycles. The molecule has 1 aromatic carbocycles. The summed E-state index contributed by atoms with van der Waals surface area (Å²) in [6.45, 7) is 1.61. The second-order valence-corrected chi connectivity index (χ2v) is 8.78. The number of hydrogen-bond acceptors (Lipinski definition) is 6. The number of ether oxygens (including phenoxy) is 1. The highest BCUT2D eigenvalue weighted by molar-refractivity contribution is 7.98. The van der Waals surface area contributed by atoms with Crippen molar-refractivity contribution in [2.75, 3.05) is 6.61 Å². The van der Waals surface area contributed by atoms with Crippen LogP contribution in [0.15, 0.2) is 64.1 Å². The fraction of sp³-hybridized carbons (Fsp3) is 0.286. The lowest BCUT2D eigenvalue weighted by atomic mass is 10.1. The van der Waals surface area contributed by atoms with Crippen LogP contribution >= 0.6 is 23.1 Å². The van der Waals surface area contributed by atoms with Gasteiger partial charge in [0.2, 0.25) is 0 Å². The van der Waals surface area contributed by atoms with E-state index in [1.54, 1.807) is 28.4 Å². The Morgan fingerprint density at radius 1 is 1.28 bits per heavy atom. The van der Waals surface area contributed by atoms with Crippen LogP contribution in [-0.2, 0) is 17.0 Å². The first-order chi connectivity index (χ1) is 14.3. The third-order valence-corrected chi connectivity index (χ3v) is 6.78. The van der Waals surface area contributed by atoms with Crippen LogP contribution in [-0.4, -0.2) is 31.6 Å². The standard InChI is InChI=1S/C21H20N4O2S2/c26-19-11-16(23-21-24(19)8-10-28-21)14-29-20-22-12-18(15-5-2-1-3-6-15)25(20)13-17-7-4-9-27-17/h1-3,5-6,8,10-12,17H,4,7,9,13-14H2/t17-/m0/s1. The van der Waals surface area contributed by atoms with Gasteiger partial charge in [-0.2, -0.15) is 0 Å². The van der Waals surface area contributed by atoms with E-state index in [4.69, 9.17) is 4.74 Å². The highest BCUT2D eigenvalue weighted by Crippen LogP contribution is 2.29. The number of hydrogen-bond donors (Lipinski definition) is 0. The quantitative estimate of drug-likeness (QED) is 0.436. The van der Waals surface area contributed by atoms with E-state index in [1.165, 1.54) is 11.3 Å². The lowest BCUT2D eigenvalue weighted by Gasteiger charge is -2.16. The molecule has 148 valence electrons. The Labute approximate surface area is 176 Å². The van der Waals surface area contributed by atoms with Crippen molar-refractivity contribution in [3.63, 3.8) is 0 Å². The van der Waals surface area contributed by atoms with Gasteiger partial charge in [-0.1, -0.05) is 42.1 Å². The molecule has 8 heteroatoms. The highest BCUT2D eigenvalue weighted by Gasteiger charge is 2.21. The molecule has 3 aromatic heterocycles. The van der Waals surface area contributed by atoms with Gasteiger partial charge in [0.05, 0.1) is 30.2 Å². The van der Waals surface area contributed by atoms with Gasteiger partial charge in [0.1, 0.15) is 0 Å². The molecule has 0 spiro atoms. The fourth-order valence-electron chi connectivity index (χ4n) is 3.58. The summed E-state index contributed by atoms with van der Waals surface area (Å²) in [7, 11) is 0. The minimum Gasteiger partial charge on any atom is -0.376 e. The van der Waals surface area contributed by atoms with Crippen molar-refractivity contribution in [3.05, 3.63) is 70.2 Å². The summed E-state index contributed by atoms with van der Waals surface area (Å²) in [6, 6.07) is 11.9. The van der Waals surface area contributed by atoms with Gasteiger partial charge in [0, 0.05) is 30.0 Å². The molecule has 0 radical (unpaired) electrons. The zero-order valence-corrected chi connectivity index (χ0v) is 17.4. The van der Waals surface area contributed by atoms with E-state index in [0.717, 1.165) is 53.1 Å². The fourth-order valence-corrected chi connectivity index (χ4v) is 5.20. The number of rotatable bonds is 6. The molecule has 0 amide bonds. The Morgan fingerprint density at radius 3 is 3.00 bits per heavy atom. The topological polar surface area (TPSA) is 61.4 Å². The van der Waals surface area contributed by atoms with E-state index in [0.29, 0.717) is 5.75 Å². The number of aromatic nitrogens is 4. The molecule has 1 saturated heterocycles. The molecular weight excluding hydrogens is 404 g/mol. The van der Waals surface area contributed by atoms with Gasteiger partial charge < -0.3 is 9.30 Å². The van der Waals surface area contributed by atoms with Crippen LogP contribution in [0.3, 0.4) is 0 Å². The monoisotopic (exact) mass is 424 g/mol. The largest absolute Gasteiger partial charge is 0.376 e. The van der Waals surface area contributed by atoms with Crippen LogP contribution in [0.5, 0.6) is 0 Å². The minimum absolute atomic E-state index is 0.0421. The average molecular weight is 425 g/mol. The molecule has 5 rings (SSSR count). The second kappa shape index (κ2) is 8.14. The zero-order valence-electron chi connectivity index (χ0n) is 15.7. The molecular formula is C21H20N4O2S2. The lowest BCUT2D eigenvalue weighted by molar-refractivity contribution is 0.0954. The van der Waals surface area contributed by atoms with Crippen molar-refractivity contribution < 1.29 is 4.74 Å². The lowest BCUT2D eigenvalue weighted by Crippen LogP contribution is -2.16. The highest BCUT2D eigenvalue weighted by atomic mass is 32.2. The molecule has 1 atom stereocenters. The minimum atomic E-state index is -0.0421.